The van der Waals surface area contributed by atoms with Gasteiger partial charge in [0.1, 0.15) is 0 Å². The molecule has 114 valence electrons. The number of nitrogens with zero attached hydrogens (tertiary/aromatic N) is 2. The first-order chi connectivity index (χ1) is 10.8. The van der Waals surface area contributed by atoms with Crippen molar-refractivity contribution in [3.63, 3.8) is 0 Å². The second kappa shape index (κ2) is 5.40. The number of pyridine rings is 1. The van der Waals surface area contributed by atoms with E-state index >= 15 is 0 Å². The van der Waals surface area contributed by atoms with Crippen LogP contribution in [-0.4, -0.2) is 24.6 Å². The number of piperidine rings is 1. The number of fused-ring (bicyclic) bond motifs is 2. The zero-order valence-electron chi connectivity index (χ0n) is 13.2. The predicted octanol–water partition coefficient (Wildman–Crippen LogP) is 3.03. The summed E-state index contributed by atoms with van der Waals surface area (Å²) >= 11 is 0. The van der Waals surface area contributed by atoms with Crippen molar-refractivity contribution >= 4 is 5.69 Å². The van der Waals surface area contributed by atoms with E-state index in [1.165, 1.54) is 29.7 Å². The first kappa shape index (κ1) is 13.8. The Balaban J connectivity index is 1.71. The maximum Gasteiger partial charge on any atom is 0.0431 e. The van der Waals surface area contributed by atoms with E-state index in [0.717, 1.165) is 26.2 Å². The van der Waals surface area contributed by atoms with Gasteiger partial charge >= 0.3 is 0 Å². The molecule has 4 rings (SSSR count). The zero-order valence-corrected chi connectivity index (χ0v) is 13.2. The summed E-state index contributed by atoms with van der Waals surface area (Å²) in [6, 6.07) is 11.3. The smallest absolute Gasteiger partial charge is 0.0431 e. The van der Waals surface area contributed by atoms with Crippen molar-refractivity contribution in [3.05, 3.63) is 59.4 Å². The molecular formula is C19H23N3. The van der Waals surface area contributed by atoms with Crippen LogP contribution in [0.1, 0.15) is 29.5 Å². The van der Waals surface area contributed by atoms with Crippen LogP contribution in [0.5, 0.6) is 0 Å². The van der Waals surface area contributed by atoms with Crippen molar-refractivity contribution in [2.24, 2.45) is 0 Å². The Kier molecular flexibility index (Phi) is 3.38. The highest BCUT2D eigenvalue weighted by atomic mass is 15.2. The van der Waals surface area contributed by atoms with Crippen LogP contribution in [0.15, 0.2) is 42.7 Å². The van der Waals surface area contributed by atoms with Crippen LogP contribution < -0.4 is 10.2 Å². The summed E-state index contributed by atoms with van der Waals surface area (Å²) in [5.41, 5.74) is 6.05. The SMILES string of the molecule is Cc1ccc2c(c1)N(Cc1ccncc1)CC21CCNCC1. The van der Waals surface area contributed by atoms with E-state index in [2.05, 4.69) is 52.5 Å². The van der Waals surface area contributed by atoms with Crippen LogP contribution in [0.2, 0.25) is 0 Å². The molecule has 3 heterocycles. The Hall–Kier alpha value is -1.87. The average molecular weight is 293 g/mol. The first-order valence-corrected chi connectivity index (χ1v) is 8.23. The zero-order chi connectivity index (χ0) is 15.0. The molecule has 0 radical (unpaired) electrons. The number of aryl methyl sites for hydroxylation is 1. The molecule has 3 heteroatoms. The van der Waals surface area contributed by atoms with E-state index in [1.54, 1.807) is 5.56 Å². The molecule has 22 heavy (non-hydrogen) atoms. The topological polar surface area (TPSA) is 28.2 Å². The molecule has 3 nitrogen and oxygen atoms in total. The fourth-order valence-electron chi connectivity index (χ4n) is 4.07. The van der Waals surface area contributed by atoms with Gasteiger partial charge in [0, 0.05) is 36.6 Å². The van der Waals surface area contributed by atoms with Gasteiger partial charge in [0.2, 0.25) is 0 Å². The van der Waals surface area contributed by atoms with Crippen LogP contribution in [0.25, 0.3) is 0 Å². The van der Waals surface area contributed by atoms with Crippen LogP contribution in [-0.2, 0) is 12.0 Å². The Bertz CT molecular complexity index is 660. The molecular weight excluding hydrogens is 270 g/mol. The molecule has 0 unspecified atom stereocenters. The maximum absolute atomic E-state index is 4.13. The maximum atomic E-state index is 4.13. The van der Waals surface area contributed by atoms with E-state index in [-0.39, 0.29) is 0 Å². The lowest BCUT2D eigenvalue weighted by atomic mass is 9.74. The minimum atomic E-state index is 0.349. The Morgan fingerprint density at radius 3 is 2.68 bits per heavy atom. The summed E-state index contributed by atoms with van der Waals surface area (Å²) in [6.45, 7) is 6.59. The highest BCUT2D eigenvalue weighted by Crippen LogP contribution is 2.46. The van der Waals surface area contributed by atoms with Crippen LogP contribution in [0.3, 0.4) is 0 Å². The molecule has 1 spiro atoms. The van der Waals surface area contributed by atoms with Crippen molar-refractivity contribution in [1.82, 2.24) is 10.3 Å². The van der Waals surface area contributed by atoms with E-state index in [0.29, 0.717) is 5.41 Å². The summed E-state index contributed by atoms with van der Waals surface area (Å²) < 4.78 is 0. The monoisotopic (exact) mass is 293 g/mol. The van der Waals surface area contributed by atoms with Crippen molar-refractivity contribution in [1.29, 1.82) is 0 Å². The second-order valence-electron chi connectivity index (χ2n) is 6.76. The third-order valence-corrected chi connectivity index (χ3v) is 5.24. The summed E-state index contributed by atoms with van der Waals surface area (Å²) in [5, 5.41) is 3.52. The van der Waals surface area contributed by atoms with E-state index in [4.69, 9.17) is 0 Å². The highest BCUT2D eigenvalue weighted by Gasteiger charge is 2.43. The van der Waals surface area contributed by atoms with E-state index in [9.17, 15) is 0 Å². The fraction of sp³-hybridized carbons (Fsp3) is 0.421. The lowest BCUT2D eigenvalue weighted by Crippen LogP contribution is -2.43. The number of rotatable bonds is 2. The van der Waals surface area contributed by atoms with Gasteiger partial charge in [-0.15, -0.1) is 0 Å². The molecule has 2 aliphatic heterocycles. The Morgan fingerprint density at radius 1 is 1.14 bits per heavy atom. The summed E-state index contributed by atoms with van der Waals surface area (Å²) in [5.74, 6) is 0. The molecule has 0 atom stereocenters. The highest BCUT2D eigenvalue weighted by molar-refractivity contribution is 5.64. The van der Waals surface area contributed by atoms with E-state index < -0.39 is 0 Å². The number of aromatic nitrogens is 1. The fourth-order valence-corrected chi connectivity index (χ4v) is 4.07. The summed E-state index contributed by atoms with van der Waals surface area (Å²) in [7, 11) is 0. The molecule has 2 aliphatic rings. The molecule has 2 aromatic rings. The molecule has 0 amide bonds. The van der Waals surface area contributed by atoms with Gasteiger partial charge in [-0.25, -0.2) is 0 Å². The largest absolute Gasteiger partial charge is 0.366 e. The number of benzene rings is 1. The van der Waals surface area contributed by atoms with Gasteiger partial charge in [-0.05, 0) is 67.7 Å². The predicted molar refractivity (Wildman–Crippen MR) is 90.2 cm³/mol. The molecule has 1 aromatic heterocycles. The lowest BCUT2D eigenvalue weighted by Gasteiger charge is -2.35. The molecule has 0 aliphatic carbocycles. The molecule has 1 N–H and O–H groups in total. The molecule has 1 fully saturated rings. The van der Waals surface area contributed by atoms with Crippen molar-refractivity contribution in [2.75, 3.05) is 24.5 Å². The molecule has 1 saturated heterocycles. The number of anilines is 1. The quantitative estimate of drug-likeness (QED) is 0.922. The Labute approximate surface area is 132 Å². The molecule has 1 aromatic carbocycles. The standard InChI is InChI=1S/C19H23N3/c1-15-2-3-17-18(12-15)22(13-16-4-8-20-9-5-16)14-19(17)6-10-21-11-7-19/h2-5,8-9,12,21H,6-7,10-11,13-14H2,1H3. The summed E-state index contributed by atoms with van der Waals surface area (Å²) in [6.07, 6.45) is 6.28. The van der Waals surface area contributed by atoms with Gasteiger partial charge in [-0.3, -0.25) is 4.98 Å². The van der Waals surface area contributed by atoms with Gasteiger partial charge in [0.15, 0.2) is 0 Å². The van der Waals surface area contributed by atoms with Crippen LogP contribution in [0.4, 0.5) is 5.69 Å². The minimum Gasteiger partial charge on any atom is -0.366 e. The van der Waals surface area contributed by atoms with Gasteiger partial charge < -0.3 is 10.2 Å². The van der Waals surface area contributed by atoms with Crippen LogP contribution >= 0.6 is 0 Å². The van der Waals surface area contributed by atoms with Crippen LogP contribution in [0, 0.1) is 6.92 Å². The third-order valence-electron chi connectivity index (χ3n) is 5.24. The van der Waals surface area contributed by atoms with Crippen molar-refractivity contribution in [2.45, 2.75) is 31.7 Å². The van der Waals surface area contributed by atoms with Gasteiger partial charge in [0.25, 0.3) is 0 Å². The minimum absolute atomic E-state index is 0.349. The second-order valence-corrected chi connectivity index (χ2v) is 6.76. The molecule has 0 bridgehead atoms. The van der Waals surface area contributed by atoms with Crippen molar-refractivity contribution < 1.29 is 0 Å². The van der Waals surface area contributed by atoms with Crippen molar-refractivity contribution in [3.8, 4) is 0 Å². The normalized spacial score (nSPS) is 19.4. The van der Waals surface area contributed by atoms with Gasteiger partial charge in [-0.1, -0.05) is 12.1 Å². The first-order valence-electron chi connectivity index (χ1n) is 8.23. The molecule has 0 saturated carbocycles. The number of hydrogen-bond donors (Lipinski definition) is 1. The average Bonchev–Trinajstić information content (AvgIpc) is 2.82. The summed E-state index contributed by atoms with van der Waals surface area (Å²) in [4.78, 5) is 6.71. The van der Waals surface area contributed by atoms with Gasteiger partial charge in [0.05, 0.1) is 0 Å². The van der Waals surface area contributed by atoms with E-state index in [1.807, 2.05) is 12.4 Å². The van der Waals surface area contributed by atoms with Gasteiger partial charge in [-0.2, -0.15) is 0 Å². The number of nitrogens with one attached hydrogen (secondary N) is 1. The number of hydrogen-bond acceptors (Lipinski definition) is 3. The lowest BCUT2D eigenvalue weighted by molar-refractivity contribution is 0.325. The third kappa shape index (κ3) is 2.30. The Morgan fingerprint density at radius 2 is 1.91 bits per heavy atom.